The van der Waals surface area contributed by atoms with Gasteiger partial charge in [-0.3, -0.25) is 20.2 Å². The molecule has 3 aromatic carbocycles. The lowest BCUT2D eigenvalue weighted by Crippen LogP contribution is -2.03. The largest absolute Gasteiger partial charge is 0.454 e. The molecule has 1 aliphatic rings. The van der Waals surface area contributed by atoms with Gasteiger partial charge in [-0.2, -0.15) is 20.1 Å². The van der Waals surface area contributed by atoms with Crippen LogP contribution in [-0.4, -0.2) is 31.6 Å². The highest BCUT2D eigenvalue weighted by atomic mass is 16.7. The van der Waals surface area contributed by atoms with Crippen molar-refractivity contribution in [2.45, 2.75) is 6.54 Å². The third kappa shape index (κ3) is 5.56. The van der Waals surface area contributed by atoms with Crippen molar-refractivity contribution >= 4 is 40.6 Å². The molecule has 0 amide bonds. The first-order chi connectivity index (χ1) is 18.4. The van der Waals surface area contributed by atoms with E-state index in [1.165, 1.54) is 36.4 Å². The first-order valence-electron chi connectivity index (χ1n) is 11.0. The highest BCUT2D eigenvalue weighted by molar-refractivity contribution is 5.60. The van der Waals surface area contributed by atoms with Gasteiger partial charge < -0.3 is 20.1 Å². The average Bonchev–Trinajstić information content (AvgIpc) is 3.36. The van der Waals surface area contributed by atoms with Gasteiger partial charge in [-0.25, -0.2) is 0 Å². The van der Waals surface area contributed by atoms with Crippen molar-refractivity contribution in [1.29, 1.82) is 0 Å². The maximum Gasteiger partial charge on any atom is 0.278 e. The molecule has 190 valence electrons. The standard InChI is InChI=1S/C23H17N9O6/c33-31(34)17-8-6-16(7-9-17)26-22-27-21(25-15-4-2-1-3-5-15)28-23(29-22)30-24-12-14-10-19-20(38-13-37-19)11-18(14)32(35)36/h1-11H,12-13H2,(H2,25,26,27,28,29). The van der Waals surface area contributed by atoms with Gasteiger partial charge in [-0.15, -0.1) is 5.11 Å². The van der Waals surface area contributed by atoms with Gasteiger partial charge in [0.15, 0.2) is 11.5 Å². The summed E-state index contributed by atoms with van der Waals surface area (Å²) in [4.78, 5) is 34.2. The molecular weight excluding hydrogens is 498 g/mol. The molecule has 0 bridgehead atoms. The van der Waals surface area contributed by atoms with E-state index in [4.69, 9.17) is 9.47 Å². The van der Waals surface area contributed by atoms with Crippen molar-refractivity contribution in [3.63, 3.8) is 0 Å². The Balaban J connectivity index is 1.41. The Bertz CT molecular complexity index is 1530. The molecule has 0 radical (unpaired) electrons. The highest BCUT2D eigenvalue weighted by Gasteiger charge is 2.23. The van der Waals surface area contributed by atoms with Crippen LogP contribution in [0.25, 0.3) is 0 Å². The van der Waals surface area contributed by atoms with Crippen LogP contribution in [0.3, 0.4) is 0 Å². The van der Waals surface area contributed by atoms with Crippen molar-refractivity contribution < 1.29 is 19.3 Å². The number of nitro benzene ring substituents is 2. The Morgan fingerprint density at radius 1 is 0.816 bits per heavy atom. The first kappa shape index (κ1) is 24.0. The lowest BCUT2D eigenvalue weighted by molar-refractivity contribution is -0.385. The maximum atomic E-state index is 11.5. The molecule has 1 aromatic heterocycles. The molecule has 15 heteroatoms. The van der Waals surface area contributed by atoms with E-state index in [-0.39, 0.29) is 53.9 Å². The monoisotopic (exact) mass is 515 g/mol. The number of ether oxygens (including phenoxy) is 2. The number of azo groups is 1. The van der Waals surface area contributed by atoms with Gasteiger partial charge in [-0.1, -0.05) is 18.2 Å². The third-order valence-corrected chi connectivity index (χ3v) is 5.16. The van der Waals surface area contributed by atoms with Gasteiger partial charge in [0, 0.05) is 23.5 Å². The summed E-state index contributed by atoms with van der Waals surface area (Å²) in [7, 11) is 0. The van der Waals surface area contributed by atoms with Crippen molar-refractivity contribution in [2.75, 3.05) is 17.4 Å². The number of nitrogens with one attached hydrogen (secondary N) is 2. The number of benzene rings is 3. The van der Waals surface area contributed by atoms with Gasteiger partial charge in [0.25, 0.3) is 17.3 Å². The summed E-state index contributed by atoms with van der Waals surface area (Å²) in [5.74, 6) is 0.832. The Morgan fingerprint density at radius 3 is 2.08 bits per heavy atom. The Labute approximate surface area is 213 Å². The van der Waals surface area contributed by atoms with Gasteiger partial charge in [0.2, 0.25) is 18.7 Å². The molecule has 0 aliphatic carbocycles. The second-order valence-corrected chi connectivity index (χ2v) is 7.69. The van der Waals surface area contributed by atoms with E-state index < -0.39 is 9.85 Å². The molecule has 4 aromatic rings. The number of fused-ring (bicyclic) bond motifs is 1. The molecule has 5 rings (SSSR count). The van der Waals surface area contributed by atoms with E-state index >= 15 is 0 Å². The summed E-state index contributed by atoms with van der Waals surface area (Å²) in [6.45, 7) is -0.171. The molecule has 0 saturated carbocycles. The molecule has 0 unspecified atom stereocenters. The van der Waals surface area contributed by atoms with Crippen molar-refractivity contribution in [3.05, 3.63) is 92.5 Å². The fourth-order valence-electron chi connectivity index (χ4n) is 3.41. The molecule has 0 fully saturated rings. The predicted molar refractivity (Wildman–Crippen MR) is 133 cm³/mol. The summed E-state index contributed by atoms with van der Waals surface area (Å²) < 4.78 is 10.5. The normalized spacial score (nSPS) is 11.9. The van der Waals surface area contributed by atoms with Crippen LogP contribution in [0.2, 0.25) is 0 Å². The summed E-state index contributed by atoms with van der Waals surface area (Å²) in [6, 6.07) is 17.6. The lowest BCUT2D eigenvalue weighted by Gasteiger charge is -2.08. The van der Waals surface area contributed by atoms with Gasteiger partial charge in [-0.05, 0) is 30.3 Å². The molecule has 0 saturated heterocycles. The molecule has 2 heterocycles. The number of rotatable bonds is 9. The number of nitro groups is 2. The number of aromatic nitrogens is 3. The van der Waals surface area contributed by atoms with Gasteiger partial charge >= 0.3 is 0 Å². The Kier molecular flexibility index (Phi) is 6.62. The minimum absolute atomic E-state index is 0.0238. The van der Waals surface area contributed by atoms with Crippen LogP contribution in [0.5, 0.6) is 11.5 Å². The lowest BCUT2D eigenvalue weighted by atomic mass is 10.1. The van der Waals surface area contributed by atoms with Crippen LogP contribution < -0.4 is 20.1 Å². The minimum atomic E-state index is -0.538. The second kappa shape index (κ2) is 10.5. The van der Waals surface area contributed by atoms with Crippen LogP contribution in [0.1, 0.15) is 5.56 Å². The van der Waals surface area contributed by atoms with Crippen LogP contribution in [-0.2, 0) is 6.54 Å². The predicted octanol–water partition coefficient (Wildman–Crippen LogP) is 5.19. The van der Waals surface area contributed by atoms with Crippen LogP contribution in [0, 0.1) is 20.2 Å². The first-order valence-corrected chi connectivity index (χ1v) is 11.0. The highest BCUT2D eigenvalue weighted by Crippen LogP contribution is 2.38. The zero-order valence-corrected chi connectivity index (χ0v) is 19.3. The number of para-hydroxylation sites is 1. The van der Waals surface area contributed by atoms with Crippen LogP contribution in [0.15, 0.2) is 77.0 Å². The molecule has 0 atom stereocenters. The quantitative estimate of drug-likeness (QED) is 0.169. The van der Waals surface area contributed by atoms with E-state index in [1.807, 2.05) is 30.3 Å². The Morgan fingerprint density at radius 2 is 1.45 bits per heavy atom. The van der Waals surface area contributed by atoms with Crippen molar-refractivity contribution in [2.24, 2.45) is 10.2 Å². The topological polar surface area (TPSA) is 192 Å². The zero-order chi connectivity index (χ0) is 26.5. The van der Waals surface area contributed by atoms with E-state index in [0.29, 0.717) is 17.1 Å². The SMILES string of the molecule is O=[N+]([O-])c1ccc(Nc2nc(N=NCc3cc4c(cc3[N+](=O)[O-])OCO4)nc(Nc3ccccc3)n2)cc1. The number of nitrogens with zero attached hydrogens (tertiary/aromatic N) is 7. The van der Waals surface area contributed by atoms with E-state index in [0.717, 1.165) is 0 Å². The number of hydrogen-bond acceptors (Lipinski definition) is 13. The number of anilines is 4. The van der Waals surface area contributed by atoms with Gasteiger partial charge in [0.1, 0.15) is 0 Å². The summed E-state index contributed by atoms with van der Waals surface area (Å²) in [6.07, 6.45) is 0. The fourth-order valence-corrected chi connectivity index (χ4v) is 3.41. The second-order valence-electron chi connectivity index (χ2n) is 7.69. The molecular formula is C23H17N9O6. The van der Waals surface area contributed by atoms with Crippen molar-refractivity contribution in [3.8, 4) is 11.5 Å². The summed E-state index contributed by atoms with van der Waals surface area (Å²) >= 11 is 0. The van der Waals surface area contributed by atoms with Crippen LogP contribution >= 0.6 is 0 Å². The number of hydrogen-bond donors (Lipinski definition) is 2. The maximum absolute atomic E-state index is 11.5. The van der Waals surface area contributed by atoms with Crippen LogP contribution in [0.4, 0.5) is 40.6 Å². The van der Waals surface area contributed by atoms with Gasteiger partial charge in [0.05, 0.1) is 28.0 Å². The van der Waals surface area contributed by atoms with Crippen molar-refractivity contribution in [1.82, 2.24) is 15.0 Å². The average molecular weight is 515 g/mol. The molecule has 0 spiro atoms. The van der Waals surface area contributed by atoms with E-state index in [2.05, 4.69) is 35.8 Å². The third-order valence-electron chi connectivity index (χ3n) is 5.16. The number of non-ortho nitro benzene ring substituents is 1. The molecule has 15 nitrogen and oxygen atoms in total. The summed E-state index contributed by atoms with van der Waals surface area (Å²) in [5, 5.41) is 36.5. The Hall–Kier alpha value is -5.73. The zero-order valence-electron chi connectivity index (χ0n) is 19.3. The molecule has 1 aliphatic heterocycles. The van der Waals surface area contributed by atoms with E-state index in [9.17, 15) is 20.2 Å². The molecule has 2 N–H and O–H groups in total. The molecule has 38 heavy (non-hydrogen) atoms. The fraction of sp³-hybridized carbons (Fsp3) is 0.0870. The smallest absolute Gasteiger partial charge is 0.278 e. The van der Waals surface area contributed by atoms with E-state index in [1.54, 1.807) is 0 Å². The minimum Gasteiger partial charge on any atom is -0.454 e. The summed E-state index contributed by atoms with van der Waals surface area (Å²) in [5.41, 5.74) is 1.22.